The van der Waals surface area contributed by atoms with Crippen molar-refractivity contribution in [3.8, 4) is 16.9 Å². The predicted molar refractivity (Wildman–Crippen MR) is 119 cm³/mol. The van der Waals surface area contributed by atoms with Crippen molar-refractivity contribution < 1.29 is 4.74 Å². The highest BCUT2D eigenvalue weighted by Crippen LogP contribution is 2.59. The lowest BCUT2D eigenvalue weighted by molar-refractivity contribution is 0.0320. The zero-order chi connectivity index (χ0) is 19.5. The first-order valence-corrected chi connectivity index (χ1v) is 11.1. The van der Waals surface area contributed by atoms with Gasteiger partial charge in [-0.3, -0.25) is 0 Å². The van der Waals surface area contributed by atoms with E-state index in [1.807, 2.05) is 19.1 Å². The molecule has 1 heteroatoms. The molecule has 1 nitrogen and oxygen atoms in total. The van der Waals surface area contributed by atoms with Crippen LogP contribution in [0, 0.1) is 5.41 Å². The Morgan fingerprint density at radius 2 is 1.39 bits per heavy atom. The molecule has 0 heterocycles. The maximum atomic E-state index is 5.71. The van der Waals surface area contributed by atoms with E-state index in [-0.39, 0.29) is 0 Å². The Morgan fingerprint density at radius 3 is 1.93 bits per heavy atom. The Labute approximate surface area is 170 Å². The molecule has 3 aliphatic rings. The van der Waals surface area contributed by atoms with Crippen LogP contribution < -0.4 is 4.74 Å². The van der Waals surface area contributed by atoms with E-state index in [9.17, 15) is 0 Å². The molecule has 3 aliphatic carbocycles. The highest BCUT2D eigenvalue weighted by molar-refractivity contribution is 5.64. The first-order valence-electron chi connectivity index (χ1n) is 11.1. The lowest BCUT2D eigenvalue weighted by atomic mass is 9.51. The molecule has 0 atom stereocenters. The van der Waals surface area contributed by atoms with E-state index >= 15 is 0 Å². The van der Waals surface area contributed by atoms with Crippen LogP contribution in [0.3, 0.4) is 0 Å². The second-order valence-corrected chi connectivity index (χ2v) is 9.01. The van der Waals surface area contributed by atoms with Gasteiger partial charge in [0, 0.05) is 0 Å². The van der Waals surface area contributed by atoms with E-state index < -0.39 is 0 Å². The summed E-state index contributed by atoms with van der Waals surface area (Å²) in [6.45, 7) is 4.99. The molecular weight excluding hydrogens is 340 g/mol. The van der Waals surface area contributed by atoms with Crippen molar-refractivity contribution >= 4 is 0 Å². The van der Waals surface area contributed by atoms with Crippen molar-refractivity contribution in [2.75, 3.05) is 6.61 Å². The third kappa shape index (κ3) is 3.77. The summed E-state index contributed by atoms with van der Waals surface area (Å²) in [5.41, 5.74) is 5.28. The summed E-state index contributed by atoms with van der Waals surface area (Å²) in [7, 11) is 0. The van der Waals surface area contributed by atoms with Gasteiger partial charge in [-0.2, -0.15) is 0 Å². The minimum atomic E-state index is 0.457. The molecule has 0 spiro atoms. The van der Waals surface area contributed by atoms with E-state index in [4.69, 9.17) is 4.74 Å². The number of hydrogen-bond acceptors (Lipinski definition) is 1. The molecule has 148 valence electrons. The standard InChI is InChI=1S/C27H34O/c1-3-5-21-28-25-12-8-23(9-13-25)22-6-10-24(11-7-22)27-18-15-26(14-4-2,16-19-27)17-20-27/h3,5-13H,4,14-21H2,1-2H3. The zero-order valence-electron chi connectivity index (χ0n) is 17.5. The van der Waals surface area contributed by atoms with Crippen molar-refractivity contribution in [3.05, 3.63) is 66.2 Å². The lowest BCUT2D eigenvalue weighted by Gasteiger charge is -2.54. The van der Waals surface area contributed by atoms with Crippen LogP contribution in [0.25, 0.3) is 11.1 Å². The maximum absolute atomic E-state index is 5.71. The monoisotopic (exact) mass is 374 g/mol. The number of fused-ring (bicyclic) bond motifs is 3. The third-order valence-corrected chi connectivity index (χ3v) is 7.45. The highest BCUT2D eigenvalue weighted by Gasteiger charge is 2.48. The summed E-state index contributed by atoms with van der Waals surface area (Å²) in [4.78, 5) is 0. The summed E-state index contributed by atoms with van der Waals surface area (Å²) in [6.07, 6.45) is 15.3. The van der Waals surface area contributed by atoms with Crippen molar-refractivity contribution in [2.24, 2.45) is 5.41 Å². The van der Waals surface area contributed by atoms with Crippen LogP contribution in [0.4, 0.5) is 0 Å². The molecule has 3 fully saturated rings. The van der Waals surface area contributed by atoms with Crippen molar-refractivity contribution in [3.63, 3.8) is 0 Å². The van der Waals surface area contributed by atoms with Crippen LogP contribution in [-0.2, 0) is 5.41 Å². The molecule has 2 aromatic rings. The third-order valence-electron chi connectivity index (χ3n) is 7.45. The van der Waals surface area contributed by atoms with Gasteiger partial charge in [0.25, 0.3) is 0 Å². The van der Waals surface area contributed by atoms with Gasteiger partial charge in [0.05, 0.1) is 0 Å². The van der Waals surface area contributed by atoms with Crippen LogP contribution in [0.1, 0.15) is 70.8 Å². The van der Waals surface area contributed by atoms with Crippen molar-refractivity contribution in [1.29, 1.82) is 0 Å². The first kappa shape index (κ1) is 19.3. The van der Waals surface area contributed by atoms with E-state index in [1.54, 1.807) is 5.56 Å². The van der Waals surface area contributed by atoms with Gasteiger partial charge < -0.3 is 4.74 Å². The number of hydrogen-bond donors (Lipinski definition) is 0. The number of ether oxygens (including phenoxy) is 1. The smallest absolute Gasteiger partial charge is 0.119 e. The van der Waals surface area contributed by atoms with Crippen LogP contribution in [0.5, 0.6) is 5.75 Å². The van der Waals surface area contributed by atoms with Crippen LogP contribution in [0.2, 0.25) is 0 Å². The van der Waals surface area contributed by atoms with E-state index in [2.05, 4.69) is 55.5 Å². The molecule has 3 saturated carbocycles. The molecule has 28 heavy (non-hydrogen) atoms. The molecule has 0 aromatic heterocycles. The summed E-state index contributed by atoms with van der Waals surface area (Å²) >= 11 is 0. The van der Waals surface area contributed by atoms with Gasteiger partial charge in [0.1, 0.15) is 12.4 Å². The molecule has 0 N–H and O–H groups in total. The normalized spacial score (nSPS) is 26.6. The largest absolute Gasteiger partial charge is 0.490 e. The summed E-state index contributed by atoms with van der Waals surface area (Å²) in [5.74, 6) is 0.928. The fourth-order valence-electron chi connectivity index (χ4n) is 5.60. The maximum Gasteiger partial charge on any atom is 0.119 e. The minimum absolute atomic E-state index is 0.457. The molecular formula is C27H34O. The molecule has 0 saturated heterocycles. The average Bonchev–Trinajstić information content (AvgIpc) is 2.76. The van der Waals surface area contributed by atoms with Gasteiger partial charge >= 0.3 is 0 Å². The summed E-state index contributed by atoms with van der Waals surface area (Å²) in [5, 5.41) is 0. The molecule has 0 radical (unpaired) electrons. The topological polar surface area (TPSA) is 9.23 Å². The van der Waals surface area contributed by atoms with Crippen molar-refractivity contribution in [2.45, 2.75) is 70.6 Å². The van der Waals surface area contributed by atoms with E-state index in [0.717, 1.165) is 5.75 Å². The molecule has 0 unspecified atom stereocenters. The quantitative estimate of drug-likeness (QED) is 0.451. The van der Waals surface area contributed by atoms with Gasteiger partial charge in [-0.25, -0.2) is 0 Å². The summed E-state index contributed by atoms with van der Waals surface area (Å²) in [6, 6.07) is 17.9. The Kier molecular flexibility index (Phi) is 5.62. The zero-order valence-corrected chi connectivity index (χ0v) is 17.5. The number of allylic oxidation sites excluding steroid dienone is 1. The van der Waals surface area contributed by atoms with Crippen LogP contribution >= 0.6 is 0 Å². The molecule has 0 aliphatic heterocycles. The van der Waals surface area contributed by atoms with Crippen LogP contribution in [0.15, 0.2) is 60.7 Å². The predicted octanol–water partition coefficient (Wildman–Crippen LogP) is 7.70. The van der Waals surface area contributed by atoms with Crippen molar-refractivity contribution in [1.82, 2.24) is 0 Å². The summed E-state index contributed by atoms with van der Waals surface area (Å²) < 4.78 is 5.71. The Hall–Kier alpha value is -2.02. The van der Waals surface area contributed by atoms with E-state index in [0.29, 0.717) is 17.4 Å². The van der Waals surface area contributed by atoms with Gasteiger partial charge in [0.15, 0.2) is 0 Å². The Bertz CT molecular complexity index is 773. The van der Waals surface area contributed by atoms with Gasteiger partial charge in [-0.15, -0.1) is 0 Å². The van der Waals surface area contributed by atoms with Gasteiger partial charge in [-0.1, -0.05) is 61.9 Å². The van der Waals surface area contributed by atoms with Gasteiger partial charge in [0.2, 0.25) is 0 Å². The fourth-order valence-corrected chi connectivity index (χ4v) is 5.60. The SMILES string of the molecule is CC=CCOc1ccc(-c2ccc(C34CCC(CCC)(CC3)CC4)cc2)cc1. The average molecular weight is 375 g/mol. The Morgan fingerprint density at radius 1 is 0.821 bits per heavy atom. The second kappa shape index (κ2) is 8.15. The fraction of sp³-hybridized carbons (Fsp3) is 0.481. The number of benzene rings is 2. The molecule has 2 aromatic carbocycles. The molecule has 5 rings (SSSR count). The minimum Gasteiger partial charge on any atom is -0.490 e. The van der Waals surface area contributed by atoms with Crippen LogP contribution in [-0.4, -0.2) is 6.61 Å². The highest BCUT2D eigenvalue weighted by atomic mass is 16.5. The molecule has 2 bridgehead atoms. The number of rotatable bonds is 7. The van der Waals surface area contributed by atoms with Gasteiger partial charge in [-0.05, 0) is 91.5 Å². The van der Waals surface area contributed by atoms with E-state index in [1.165, 1.54) is 62.5 Å². The second-order valence-electron chi connectivity index (χ2n) is 9.01. The molecule has 0 amide bonds. The lowest BCUT2D eigenvalue weighted by Crippen LogP contribution is -2.44. The Balaban J connectivity index is 1.45. The first-order chi connectivity index (χ1) is 13.7.